The summed E-state index contributed by atoms with van der Waals surface area (Å²) < 4.78 is 67.1. The number of halogens is 5. The van der Waals surface area contributed by atoms with Crippen LogP contribution in [0.4, 0.5) is 27.6 Å². The molecule has 1 heterocycles. The lowest BCUT2D eigenvalue weighted by molar-refractivity contribution is 0.369. The van der Waals surface area contributed by atoms with Gasteiger partial charge in [-0.05, 0) is 25.8 Å². The second-order valence-corrected chi connectivity index (χ2v) is 5.16. The molecule has 0 saturated carbocycles. The second-order valence-electron chi connectivity index (χ2n) is 5.16. The Labute approximate surface area is 119 Å². The fraction of sp³-hybridized carbons (Fsp3) is 0.571. The predicted molar refractivity (Wildman–Crippen MR) is 69.8 cm³/mol. The third kappa shape index (κ3) is 3.12. The minimum Gasteiger partial charge on any atom is -0.365 e. The number of nitrogens with zero attached hydrogens (tertiary/aromatic N) is 1. The molecular weight excluding hydrogens is 291 g/mol. The van der Waals surface area contributed by atoms with Crippen LogP contribution in [-0.2, 0) is 0 Å². The van der Waals surface area contributed by atoms with Gasteiger partial charge < -0.3 is 10.2 Å². The average molecular weight is 308 g/mol. The van der Waals surface area contributed by atoms with Crippen LogP contribution < -0.4 is 10.2 Å². The van der Waals surface area contributed by atoms with Crippen molar-refractivity contribution in [3.63, 3.8) is 0 Å². The zero-order chi connectivity index (χ0) is 15.6. The summed E-state index contributed by atoms with van der Waals surface area (Å²) in [5.74, 6) is -9.43. The van der Waals surface area contributed by atoms with Crippen LogP contribution in [0.5, 0.6) is 0 Å². The Balaban J connectivity index is 2.29. The van der Waals surface area contributed by atoms with Gasteiger partial charge in [0.2, 0.25) is 5.82 Å². The highest BCUT2D eigenvalue weighted by atomic mass is 19.2. The van der Waals surface area contributed by atoms with Crippen LogP contribution in [0.25, 0.3) is 0 Å². The third-order valence-corrected chi connectivity index (χ3v) is 3.61. The van der Waals surface area contributed by atoms with E-state index in [4.69, 9.17) is 0 Å². The molecule has 1 aromatic rings. The number of hydrogen-bond acceptors (Lipinski definition) is 2. The number of anilines is 1. The van der Waals surface area contributed by atoms with E-state index in [1.807, 2.05) is 6.92 Å². The SMILES string of the molecule is CCCNC1CCCN(c2c(F)c(F)c(F)c(F)c2F)C1. The highest BCUT2D eigenvalue weighted by Gasteiger charge is 2.31. The Bertz CT molecular complexity index is 492. The summed E-state index contributed by atoms with van der Waals surface area (Å²) in [5.41, 5.74) is -0.825. The van der Waals surface area contributed by atoms with Crippen molar-refractivity contribution in [3.05, 3.63) is 29.1 Å². The van der Waals surface area contributed by atoms with Gasteiger partial charge in [-0.3, -0.25) is 0 Å². The molecule has 1 saturated heterocycles. The first kappa shape index (κ1) is 16.0. The molecule has 1 aliphatic rings. The first-order valence-electron chi connectivity index (χ1n) is 6.97. The second kappa shape index (κ2) is 6.60. The van der Waals surface area contributed by atoms with Gasteiger partial charge in [-0.25, -0.2) is 22.0 Å². The van der Waals surface area contributed by atoms with E-state index in [0.717, 1.165) is 19.4 Å². The van der Waals surface area contributed by atoms with Gasteiger partial charge in [-0.2, -0.15) is 0 Å². The summed E-state index contributed by atoms with van der Waals surface area (Å²) in [7, 11) is 0. The molecule has 7 heteroatoms. The Morgan fingerprint density at radius 2 is 1.57 bits per heavy atom. The lowest BCUT2D eigenvalue weighted by Gasteiger charge is -2.35. The molecule has 1 N–H and O–H groups in total. The molecule has 1 aromatic carbocycles. The number of rotatable bonds is 4. The molecule has 0 amide bonds. The molecule has 0 bridgehead atoms. The van der Waals surface area contributed by atoms with E-state index in [-0.39, 0.29) is 19.1 Å². The van der Waals surface area contributed by atoms with Crippen molar-refractivity contribution in [2.75, 3.05) is 24.5 Å². The predicted octanol–water partition coefficient (Wildman–Crippen LogP) is 3.35. The van der Waals surface area contributed by atoms with Crippen LogP contribution in [-0.4, -0.2) is 25.7 Å². The topological polar surface area (TPSA) is 15.3 Å². The molecule has 0 spiro atoms. The van der Waals surface area contributed by atoms with Gasteiger partial charge in [0.25, 0.3) is 0 Å². The molecule has 2 rings (SSSR count). The molecule has 1 atom stereocenters. The van der Waals surface area contributed by atoms with Crippen LogP contribution in [0.3, 0.4) is 0 Å². The van der Waals surface area contributed by atoms with Gasteiger partial charge in [0.05, 0.1) is 0 Å². The highest BCUT2D eigenvalue weighted by molar-refractivity contribution is 5.51. The first-order chi connectivity index (χ1) is 9.97. The molecule has 1 fully saturated rings. The average Bonchev–Trinajstić information content (AvgIpc) is 2.49. The highest BCUT2D eigenvalue weighted by Crippen LogP contribution is 2.31. The molecule has 0 aliphatic carbocycles. The van der Waals surface area contributed by atoms with E-state index < -0.39 is 34.8 Å². The zero-order valence-corrected chi connectivity index (χ0v) is 11.7. The normalized spacial score (nSPS) is 19.1. The van der Waals surface area contributed by atoms with Crippen molar-refractivity contribution >= 4 is 5.69 Å². The molecule has 0 radical (unpaired) electrons. The fourth-order valence-electron chi connectivity index (χ4n) is 2.57. The minimum absolute atomic E-state index is 0.0197. The molecule has 1 aliphatic heterocycles. The Morgan fingerprint density at radius 1 is 1.00 bits per heavy atom. The van der Waals surface area contributed by atoms with Crippen LogP contribution in [0.2, 0.25) is 0 Å². The quantitative estimate of drug-likeness (QED) is 0.521. The first-order valence-corrected chi connectivity index (χ1v) is 6.97. The van der Waals surface area contributed by atoms with Crippen molar-refractivity contribution < 1.29 is 22.0 Å². The Morgan fingerprint density at radius 3 is 2.14 bits per heavy atom. The maximum absolute atomic E-state index is 13.8. The van der Waals surface area contributed by atoms with Crippen molar-refractivity contribution in [2.24, 2.45) is 0 Å². The molecule has 2 nitrogen and oxygen atoms in total. The van der Waals surface area contributed by atoms with E-state index in [9.17, 15) is 22.0 Å². The lowest BCUT2D eigenvalue weighted by Crippen LogP contribution is -2.46. The van der Waals surface area contributed by atoms with E-state index >= 15 is 0 Å². The monoisotopic (exact) mass is 308 g/mol. The minimum atomic E-state index is -2.12. The summed E-state index contributed by atoms with van der Waals surface area (Å²) in [6.45, 7) is 3.22. The molecule has 0 aromatic heterocycles. The Kier molecular flexibility index (Phi) is 5.03. The number of piperidine rings is 1. The third-order valence-electron chi connectivity index (χ3n) is 3.61. The van der Waals surface area contributed by atoms with Gasteiger partial charge in [-0.15, -0.1) is 0 Å². The van der Waals surface area contributed by atoms with Crippen molar-refractivity contribution in [1.29, 1.82) is 0 Å². The van der Waals surface area contributed by atoms with E-state index in [1.54, 1.807) is 0 Å². The van der Waals surface area contributed by atoms with E-state index in [2.05, 4.69) is 5.32 Å². The van der Waals surface area contributed by atoms with Gasteiger partial charge >= 0.3 is 0 Å². The summed E-state index contributed by atoms with van der Waals surface area (Å²) in [6.07, 6.45) is 2.34. The number of hydrogen-bond donors (Lipinski definition) is 1. The fourth-order valence-corrected chi connectivity index (χ4v) is 2.57. The number of benzene rings is 1. The van der Waals surface area contributed by atoms with Crippen LogP contribution in [0.1, 0.15) is 26.2 Å². The lowest BCUT2D eigenvalue weighted by atomic mass is 10.0. The van der Waals surface area contributed by atoms with Gasteiger partial charge in [-0.1, -0.05) is 6.92 Å². The molecule has 21 heavy (non-hydrogen) atoms. The van der Waals surface area contributed by atoms with E-state index in [0.29, 0.717) is 6.42 Å². The summed E-state index contributed by atoms with van der Waals surface area (Å²) in [6, 6.07) is -0.0197. The maximum atomic E-state index is 13.8. The van der Waals surface area contributed by atoms with Crippen LogP contribution in [0.15, 0.2) is 0 Å². The molecule has 1 unspecified atom stereocenters. The Hall–Kier alpha value is -1.37. The standard InChI is InChI=1S/C14H17F5N2/c1-2-5-20-8-4-3-6-21(7-8)14-12(18)10(16)9(15)11(17)13(14)19/h8,20H,2-7H2,1H3. The van der Waals surface area contributed by atoms with Crippen molar-refractivity contribution in [3.8, 4) is 0 Å². The van der Waals surface area contributed by atoms with Crippen LogP contribution in [0, 0.1) is 29.1 Å². The van der Waals surface area contributed by atoms with Gasteiger partial charge in [0, 0.05) is 19.1 Å². The van der Waals surface area contributed by atoms with E-state index in [1.165, 1.54) is 4.90 Å². The van der Waals surface area contributed by atoms with Crippen molar-refractivity contribution in [2.45, 2.75) is 32.2 Å². The summed E-state index contributed by atoms with van der Waals surface area (Å²) >= 11 is 0. The number of nitrogens with one attached hydrogen (secondary N) is 1. The summed E-state index contributed by atoms with van der Waals surface area (Å²) in [5, 5.41) is 3.20. The zero-order valence-electron chi connectivity index (χ0n) is 11.7. The van der Waals surface area contributed by atoms with Crippen LogP contribution >= 0.6 is 0 Å². The van der Waals surface area contributed by atoms with Gasteiger partial charge in [0.1, 0.15) is 5.69 Å². The smallest absolute Gasteiger partial charge is 0.200 e. The maximum Gasteiger partial charge on any atom is 0.200 e. The van der Waals surface area contributed by atoms with Gasteiger partial charge in [0.15, 0.2) is 23.3 Å². The molecular formula is C14H17F5N2. The largest absolute Gasteiger partial charge is 0.365 e. The van der Waals surface area contributed by atoms with Crippen molar-refractivity contribution in [1.82, 2.24) is 5.32 Å². The molecule has 118 valence electrons. The summed E-state index contributed by atoms with van der Waals surface area (Å²) in [4.78, 5) is 1.23.